The first-order valence-corrected chi connectivity index (χ1v) is 11.2. The first-order valence-electron chi connectivity index (χ1n) is 11.2. The van der Waals surface area contributed by atoms with Crippen LogP contribution in [0, 0.1) is 0 Å². The summed E-state index contributed by atoms with van der Waals surface area (Å²) in [4.78, 5) is 22.1. The smallest absolute Gasteiger partial charge is 0.270 e. The van der Waals surface area contributed by atoms with E-state index in [2.05, 4.69) is 52.7 Å². The summed E-state index contributed by atoms with van der Waals surface area (Å²) in [5.41, 5.74) is 6.83. The lowest BCUT2D eigenvalue weighted by atomic mass is 9.98. The van der Waals surface area contributed by atoms with Crippen LogP contribution < -0.4 is 15.4 Å². The number of nitrogens with zero attached hydrogens (tertiary/aromatic N) is 2. The van der Waals surface area contributed by atoms with E-state index < -0.39 is 0 Å². The second-order valence-corrected chi connectivity index (χ2v) is 8.57. The molecular weight excluding hydrogens is 412 g/mol. The molecule has 0 bridgehead atoms. The summed E-state index contributed by atoms with van der Waals surface area (Å²) in [6.07, 6.45) is 1.69. The van der Waals surface area contributed by atoms with Gasteiger partial charge in [0.1, 0.15) is 11.4 Å². The second kappa shape index (κ2) is 9.96. The minimum Gasteiger partial charge on any atom is -0.497 e. The molecule has 2 heterocycles. The van der Waals surface area contributed by atoms with Crippen molar-refractivity contribution in [2.75, 3.05) is 13.7 Å². The van der Waals surface area contributed by atoms with Gasteiger partial charge in [0, 0.05) is 30.1 Å². The van der Waals surface area contributed by atoms with E-state index in [0.29, 0.717) is 18.3 Å². The first kappa shape index (κ1) is 22.7. The van der Waals surface area contributed by atoms with Crippen molar-refractivity contribution in [1.82, 2.24) is 15.6 Å². The van der Waals surface area contributed by atoms with Crippen LogP contribution in [0.3, 0.4) is 0 Å². The van der Waals surface area contributed by atoms with Gasteiger partial charge in [0.05, 0.1) is 19.7 Å². The van der Waals surface area contributed by atoms with Crippen LogP contribution in [0.5, 0.6) is 5.75 Å². The van der Waals surface area contributed by atoms with E-state index in [0.717, 1.165) is 34.7 Å². The van der Waals surface area contributed by atoms with Crippen LogP contribution >= 0.6 is 0 Å². The maximum atomic E-state index is 13.2. The topological polar surface area (TPSA) is 75.6 Å². The van der Waals surface area contributed by atoms with Crippen molar-refractivity contribution in [3.05, 3.63) is 83.2 Å². The van der Waals surface area contributed by atoms with Crippen LogP contribution in [-0.4, -0.2) is 36.3 Å². The molecule has 6 nitrogen and oxygen atoms in total. The maximum absolute atomic E-state index is 13.2. The number of hydrogen-bond donors (Lipinski definition) is 2. The fourth-order valence-corrected chi connectivity index (χ4v) is 3.95. The second-order valence-electron chi connectivity index (χ2n) is 8.57. The van der Waals surface area contributed by atoms with Crippen molar-refractivity contribution < 1.29 is 9.53 Å². The molecule has 0 saturated carbocycles. The number of carbonyl (C=O) groups is 1. The number of nitrogens with one attached hydrogen (secondary N) is 2. The Morgan fingerprint density at radius 1 is 1.09 bits per heavy atom. The van der Waals surface area contributed by atoms with Gasteiger partial charge in [-0.1, -0.05) is 38.1 Å². The lowest BCUT2D eigenvalue weighted by Crippen LogP contribution is -2.38. The van der Waals surface area contributed by atoms with E-state index >= 15 is 0 Å². The summed E-state index contributed by atoms with van der Waals surface area (Å²) in [5, 5.41) is 6.56. The van der Waals surface area contributed by atoms with Gasteiger partial charge in [-0.25, -0.2) is 0 Å². The number of pyridine rings is 1. The maximum Gasteiger partial charge on any atom is 0.270 e. The zero-order chi connectivity index (χ0) is 23.4. The number of benzene rings is 2. The highest BCUT2D eigenvalue weighted by Crippen LogP contribution is 2.27. The standard InChI is InChI=1S/C27H30N4O2/c1-17(2)29-16-26(21-6-5-7-23(12-21)33-4)31-27(32)25-14-20(10-11-28-25)19-8-9-22-15-30-18(3)24(22)13-19/h5-14,17,26,29H,15-16H2,1-4H3,(H,31,32). The van der Waals surface area contributed by atoms with Crippen molar-refractivity contribution in [2.24, 2.45) is 4.99 Å². The average Bonchev–Trinajstić information content (AvgIpc) is 3.21. The molecule has 33 heavy (non-hydrogen) atoms. The Hall–Kier alpha value is -3.51. The highest BCUT2D eigenvalue weighted by atomic mass is 16.5. The first-order chi connectivity index (χ1) is 15.9. The molecule has 1 amide bonds. The number of aromatic nitrogens is 1. The van der Waals surface area contributed by atoms with Gasteiger partial charge in [-0.05, 0) is 59.5 Å². The number of amides is 1. The van der Waals surface area contributed by atoms with Gasteiger partial charge in [-0.15, -0.1) is 0 Å². The van der Waals surface area contributed by atoms with Crippen LogP contribution in [-0.2, 0) is 6.54 Å². The van der Waals surface area contributed by atoms with Crippen molar-refractivity contribution in [1.29, 1.82) is 0 Å². The van der Waals surface area contributed by atoms with E-state index in [4.69, 9.17) is 4.74 Å². The van der Waals surface area contributed by atoms with Gasteiger partial charge in [0.2, 0.25) is 0 Å². The molecule has 4 rings (SSSR count). The van der Waals surface area contributed by atoms with Crippen molar-refractivity contribution in [3.8, 4) is 16.9 Å². The van der Waals surface area contributed by atoms with Crippen LogP contribution in [0.1, 0.15) is 54.0 Å². The Labute approximate surface area is 195 Å². The number of carbonyl (C=O) groups excluding carboxylic acids is 1. The third-order valence-electron chi connectivity index (χ3n) is 5.84. The number of hydrogen-bond acceptors (Lipinski definition) is 5. The Morgan fingerprint density at radius 2 is 1.91 bits per heavy atom. The number of ether oxygens (including phenoxy) is 1. The predicted molar refractivity (Wildman–Crippen MR) is 132 cm³/mol. The third-order valence-corrected chi connectivity index (χ3v) is 5.84. The van der Waals surface area contributed by atoms with E-state index in [1.54, 1.807) is 13.3 Å². The number of fused-ring (bicyclic) bond motifs is 1. The van der Waals surface area contributed by atoms with Gasteiger partial charge in [-0.3, -0.25) is 14.8 Å². The molecule has 1 unspecified atom stereocenters. The van der Waals surface area contributed by atoms with Crippen LogP contribution in [0.25, 0.3) is 11.1 Å². The summed E-state index contributed by atoms with van der Waals surface area (Å²) in [5.74, 6) is 0.543. The zero-order valence-corrected chi connectivity index (χ0v) is 19.6. The van der Waals surface area contributed by atoms with Gasteiger partial charge in [0.25, 0.3) is 5.91 Å². The monoisotopic (exact) mass is 442 g/mol. The average molecular weight is 443 g/mol. The summed E-state index contributed by atoms with van der Waals surface area (Å²) in [6, 6.07) is 18.0. The molecule has 2 aromatic carbocycles. The summed E-state index contributed by atoms with van der Waals surface area (Å²) in [6.45, 7) is 7.53. The molecule has 2 N–H and O–H groups in total. The van der Waals surface area contributed by atoms with Crippen LogP contribution in [0.2, 0.25) is 0 Å². The van der Waals surface area contributed by atoms with E-state index in [1.165, 1.54) is 11.1 Å². The summed E-state index contributed by atoms with van der Waals surface area (Å²) >= 11 is 0. The zero-order valence-electron chi connectivity index (χ0n) is 19.6. The fraction of sp³-hybridized carbons (Fsp3) is 0.296. The molecule has 0 fully saturated rings. The quantitative estimate of drug-likeness (QED) is 0.537. The fourth-order valence-electron chi connectivity index (χ4n) is 3.95. The molecule has 0 radical (unpaired) electrons. The lowest BCUT2D eigenvalue weighted by molar-refractivity contribution is 0.0930. The Balaban J connectivity index is 1.57. The number of aliphatic imine (C=N–C) groups is 1. The van der Waals surface area contributed by atoms with Gasteiger partial charge in [-0.2, -0.15) is 0 Å². The molecule has 1 aliphatic heterocycles. The molecule has 0 aliphatic carbocycles. The predicted octanol–water partition coefficient (Wildman–Crippen LogP) is 4.55. The van der Waals surface area contributed by atoms with E-state index in [-0.39, 0.29) is 11.9 Å². The largest absolute Gasteiger partial charge is 0.497 e. The van der Waals surface area contributed by atoms with Crippen molar-refractivity contribution in [3.63, 3.8) is 0 Å². The number of methoxy groups -OCH3 is 1. The van der Waals surface area contributed by atoms with Crippen LogP contribution in [0.15, 0.2) is 65.8 Å². The Kier molecular flexibility index (Phi) is 6.84. The van der Waals surface area contributed by atoms with Gasteiger partial charge in [0.15, 0.2) is 0 Å². The molecule has 1 aliphatic rings. The molecule has 170 valence electrons. The SMILES string of the molecule is COc1cccc(C(CNC(C)C)NC(=O)c2cc(-c3ccc4c(c3)C(C)=NC4)ccn2)c1. The molecule has 1 atom stereocenters. The minimum atomic E-state index is -0.223. The van der Waals surface area contributed by atoms with E-state index in [9.17, 15) is 4.79 Å². The highest BCUT2D eigenvalue weighted by Gasteiger charge is 2.19. The Morgan fingerprint density at radius 3 is 2.70 bits per heavy atom. The molecule has 1 aromatic heterocycles. The van der Waals surface area contributed by atoms with Crippen molar-refractivity contribution >= 4 is 11.6 Å². The van der Waals surface area contributed by atoms with Gasteiger partial charge >= 0.3 is 0 Å². The number of rotatable bonds is 8. The van der Waals surface area contributed by atoms with Crippen LogP contribution in [0.4, 0.5) is 0 Å². The normalized spacial score (nSPS) is 13.4. The third kappa shape index (κ3) is 5.29. The van der Waals surface area contributed by atoms with Crippen molar-refractivity contribution in [2.45, 2.75) is 39.4 Å². The lowest BCUT2D eigenvalue weighted by Gasteiger charge is -2.21. The van der Waals surface area contributed by atoms with Gasteiger partial charge < -0.3 is 15.4 Å². The molecular formula is C27H30N4O2. The summed E-state index contributed by atoms with van der Waals surface area (Å²) in [7, 11) is 1.64. The highest BCUT2D eigenvalue weighted by molar-refractivity contribution is 6.03. The summed E-state index contributed by atoms with van der Waals surface area (Å²) < 4.78 is 5.37. The molecule has 0 saturated heterocycles. The molecule has 3 aromatic rings. The molecule has 0 spiro atoms. The molecule has 6 heteroatoms. The van der Waals surface area contributed by atoms with E-state index in [1.807, 2.05) is 43.3 Å². The minimum absolute atomic E-state index is 0.214. The Bertz CT molecular complexity index is 1190.